The summed E-state index contributed by atoms with van der Waals surface area (Å²) < 4.78 is 5.79. The third-order valence-electron chi connectivity index (χ3n) is 6.14. The van der Waals surface area contributed by atoms with E-state index in [2.05, 4.69) is 16.4 Å². The number of hydrogen-bond acceptors (Lipinski definition) is 5. The van der Waals surface area contributed by atoms with E-state index in [0.29, 0.717) is 5.56 Å². The van der Waals surface area contributed by atoms with Crippen LogP contribution in [-0.4, -0.2) is 36.7 Å². The Balaban J connectivity index is 1.58. The maximum Gasteiger partial charge on any atom is 0.339 e. The molecule has 4 bridgehead atoms. The smallest absolute Gasteiger partial charge is 0.339 e. The number of carbonyl (C=O) groups is 1. The van der Waals surface area contributed by atoms with E-state index in [1.165, 1.54) is 28.1 Å². The minimum absolute atomic E-state index is 0.0937. The molecule has 1 saturated heterocycles. The molecule has 0 spiro atoms. The Morgan fingerprint density at radius 1 is 1.33 bits per heavy atom. The second-order valence-electron chi connectivity index (χ2n) is 7.81. The second-order valence-corrected chi connectivity index (χ2v) is 8.87. The number of ether oxygens (including phenoxy) is 1. The van der Waals surface area contributed by atoms with Gasteiger partial charge in [0.15, 0.2) is 0 Å². The molecule has 2 atom stereocenters. The number of anilines is 1. The van der Waals surface area contributed by atoms with Crippen LogP contribution in [0, 0.1) is 0 Å². The van der Waals surface area contributed by atoms with Gasteiger partial charge in [0, 0.05) is 12.8 Å². The highest BCUT2D eigenvalue weighted by Gasteiger charge is 2.35. The number of allylic oxidation sites excluding steroid dienone is 2. The van der Waals surface area contributed by atoms with Crippen molar-refractivity contribution in [3.05, 3.63) is 38.8 Å². The number of thiophene rings is 1. The van der Waals surface area contributed by atoms with Crippen LogP contribution in [0.2, 0.25) is 0 Å². The Bertz CT molecular complexity index is 874. The number of carboxylic acids is 1. The molecule has 2 aliphatic carbocycles. The fraction of sp³-hybridized carbons (Fsp3) is 0.524. The number of hydrogen-bond donors (Lipinski definition) is 2. The average molecular weight is 385 g/mol. The summed E-state index contributed by atoms with van der Waals surface area (Å²) in [6.45, 7) is 1.46. The van der Waals surface area contributed by atoms with Crippen LogP contribution >= 0.6 is 11.3 Å². The number of rotatable bonds is 3. The molecule has 27 heavy (non-hydrogen) atoms. The van der Waals surface area contributed by atoms with E-state index in [0.717, 1.165) is 73.5 Å². The molecule has 0 saturated carbocycles. The largest absolute Gasteiger partial charge is 0.478 e. The molecule has 4 heterocycles. The van der Waals surface area contributed by atoms with Gasteiger partial charge in [-0.05, 0) is 67.6 Å². The normalized spacial score (nSPS) is 27.9. The molecule has 0 aromatic carbocycles. The molecule has 5 nitrogen and oxygen atoms in total. The summed E-state index contributed by atoms with van der Waals surface area (Å²) in [5.74, 6) is -0.614. The molecule has 2 N–H and O–H groups in total. The van der Waals surface area contributed by atoms with Crippen LogP contribution in [0.1, 0.15) is 71.7 Å². The van der Waals surface area contributed by atoms with E-state index in [9.17, 15) is 9.90 Å². The van der Waals surface area contributed by atoms with Crippen molar-refractivity contribution < 1.29 is 14.6 Å². The van der Waals surface area contributed by atoms with Crippen molar-refractivity contribution in [1.29, 1.82) is 0 Å². The van der Waals surface area contributed by atoms with E-state index < -0.39 is 5.97 Å². The van der Waals surface area contributed by atoms with Gasteiger partial charge in [0.05, 0.1) is 17.0 Å². The lowest BCUT2D eigenvalue weighted by Crippen LogP contribution is -2.27. The monoisotopic (exact) mass is 384 g/mol. The van der Waals surface area contributed by atoms with E-state index in [-0.39, 0.29) is 12.1 Å². The minimum Gasteiger partial charge on any atom is -0.478 e. The first-order valence-corrected chi connectivity index (χ1v) is 10.7. The molecule has 0 amide bonds. The second kappa shape index (κ2) is 6.91. The maximum atomic E-state index is 12.3. The van der Waals surface area contributed by atoms with Gasteiger partial charge in [0.25, 0.3) is 0 Å². The third kappa shape index (κ3) is 3.05. The highest BCUT2D eigenvalue weighted by atomic mass is 32.1. The van der Waals surface area contributed by atoms with Gasteiger partial charge < -0.3 is 15.2 Å². The van der Waals surface area contributed by atoms with Crippen LogP contribution in [0.3, 0.4) is 0 Å². The van der Waals surface area contributed by atoms with Gasteiger partial charge in [0.2, 0.25) is 0 Å². The lowest BCUT2D eigenvalue weighted by atomic mass is 9.73. The summed E-state index contributed by atoms with van der Waals surface area (Å²) in [5, 5.41) is 14.2. The first-order valence-electron chi connectivity index (χ1n) is 9.89. The van der Waals surface area contributed by atoms with Crippen molar-refractivity contribution in [3.8, 4) is 0 Å². The number of aromatic carboxylic acids is 1. The Morgan fingerprint density at radius 2 is 2.26 bits per heavy atom. The van der Waals surface area contributed by atoms with E-state index in [4.69, 9.17) is 4.74 Å². The maximum absolute atomic E-state index is 12.3. The minimum atomic E-state index is -0.850. The summed E-state index contributed by atoms with van der Waals surface area (Å²) in [6.07, 6.45) is 11.4. The zero-order valence-corrected chi connectivity index (χ0v) is 16.1. The molecule has 6 heteroatoms. The molecule has 1 aromatic rings. The Labute approximate surface area is 162 Å². The van der Waals surface area contributed by atoms with E-state index in [1.54, 1.807) is 0 Å². The summed E-state index contributed by atoms with van der Waals surface area (Å²) in [6, 6.07) is 0. The van der Waals surface area contributed by atoms with Crippen molar-refractivity contribution in [2.75, 3.05) is 18.5 Å². The molecule has 3 aliphatic heterocycles. The molecule has 0 radical (unpaired) electrons. The molecule has 142 valence electrons. The van der Waals surface area contributed by atoms with Crippen molar-refractivity contribution in [2.45, 2.75) is 57.1 Å². The fourth-order valence-electron chi connectivity index (χ4n) is 4.90. The van der Waals surface area contributed by atoms with Crippen molar-refractivity contribution in [2.24, 2.45) is 4.99 Å². The Morgan fingerprint density at radius 3 is 3.04 bits per heavy atom. The van der Waals surface area contributed by atoms with Crippen LogP contribution in [0.25, 0.3) is 0 Å². The van der Waals surface area contributed by atoms with E-state index in [1.807, 2.05) is 6.21 Å². The zero-order chi connectivity index (χ0) is 18.4. The quantitative estimate of drug-likeness (QED) is 0.792. The molecule has 2 unspecified atom stereocenters. The van der Waals surface area contributed by atoms with Crippen molar-refractivity contribution >= 4 is 28.5 Å². The lowest BCUT2D eigenvalue weighted by Gasteiger charge is -2.32. The number of fused-ring (bicyclic) bond motifs is 1. The SMILES string of the molecule is O=C(O)c1c(NC2CCCCO2)sc2c1C1CC3=CCCC(=C3C/N=C\2)C1. The summed E-state index contributed by atoms with van der Waals surface area (Å²) in [4.78, 5) is 17.9. The standard InChI is InChI=1S/C21H24N2O3S/c24-21(25)19-18-14-8-12-4-3-5-13(9-14)15(12)10-22-11-16(18)27-20(19)23-17-6-1-2-7-26-17/h4,11,14,17,23H,1-3,5-10H2,(H,24,25)/b22-11-. The fourth-order valence-corrected chi connectivity index (χ4v) is 6.12. The van der Waals surface area contributed by atoms with Crippen molar-refractivity contribution in [3.63, 3.8) is 0 Å². The predicted molar refractivity (Wildman–Crippen MR) is 107 cm³/mol. The van der Waals surface area contributed by atoms with Gasteiger partial charge in [-0.3, -0.25) is 4.99 Å². The number of nitrogens with one attached hydrogen (secondary N) is 1. The van der Waals surface area contributed by atoms with E-state index >= 15 is 0 Å². The highest BCUT2D eigenvalue weighted by Crippen LogP contribution is 2.49. The summed E-state index contributed by atoms with van der Waals surface area (Å²) >= 11 is 1.52. The number of nitrogens with zero attached hydrogens (tertiary/aromatic N) is 1. The number of aliphatic imine (C=N–C) groups is 1. The summed E-state index contributed by atoms with van der Waals surface area (Å²) in [7, 11) is 0. The Hall–Kier alpha value is -1.92. The molecular formula is C21H24N2O3S. The molecule has 1 fully saturated rings. The highest BCUT2D eigenvalue weighted by molar-refractivity contribution is 7.18. The molecule has 1 aromatic heterocycles. The molecular weight excluding hydrogens is 360 g/mol. The van der Waals surface area contributed by atoms with Crippen LogP contribution in [0.5, 0.6) is 0 Å². The van der Waals surface area contributed by atoms with Crippen molar-refractivity contribution in [1.82, 2.24) is 0 Å². The van der Waals surface area contributed by atoms with Gasteiger partial charge in [-0.15, -0.1) is 11.3 Å². The molecule has 5 aliphatic rings. The van der Waals surface area contributed by atoms with Gasteiger partial charge in [-0.1, -0.05) is 11.6 Å². The number of carboxylic acid groups (broad SMARTS) is 1. The zero-order valence-electron chi connectivity index (χ0n) is 15.3. The lowest BCUT2D eigenvalue weighted by molar-refractivity contribution is 0.0344. The van der Waals surface area contributed by atoms with Gasteiger partial charge in [-0.25, -0.2) is 4.79 Å². The third-order valence-corrected chi connectivity index (χ3v) is 7.21. The van der Waals surface area contributed by atoms with Crippen LogP contribution < -0.4 is 5.32 Å². The summed E-state index contributed by atoms with van der Waals surface area (Å²) in [5.41, 5.74) is 5.70. The average Bonchev–Trinajstić information content (AvgIpc) is 3.04. The topological polar surface area (TPSA) is 70.9 Å². The van der Waals surface area contributed by atoms with Crippen LogP contribution in [0.4, 0.5) is 5.00 Å². The first-order chi connectivity index (χ1) is 13.2. The first kappa shape index (κ1) is 17.2. The van der Waals surface area contributed by atoms with Gasteiger partial charge >= 0.3 is 5.97 Å². The Kier molecular flexibility index (Phi) is 4.40. The van der Waals surface area contributed by atoms with Gasteiger partial charge in [0.1, 0.15) is 11.2 Å². The van der Waals surface area contributed by atoms with Gasteiger partial charge in [-0.2, -0.15) is 0 Å². The molecule has 6 rings (SSSR count). The van der Waals surface area contributed by atoms with Crippen LogP contribution in [-0.2, 0) is 4.74 Å². The predicted octanol–water partition coefficient (Wildman–Crippen LogP) is 4.71. The van der Waals surface area contributed by atoms with Crippen LogP contribution in [0.15, 0.2) is 27.8 Å².